The van der Waals surface area contributed by atoms with Gasteiger partial charge in [0.1, 0.15) is 13.2 Å². The summed E-state index contributed by atoms with van der Waals surface area (Å²) in [4.78, 5) is 38.2. The molecule has 0 fully saturated rings. The molecule has 74 heavy (non-hydrogen) atoms. The summed E-state index contributed by atoms with van der Waals surface area (Å²) in [5, 5.41) is 0. The molecule has 0 radical (unpaired) electrons. The number of esters is 3. The first-order valence-electron chi connectivity index (χ1n) is 30.5. The van der Waals surface area contributed by atoms with Crippen LogP contribution >= 0.6 is 0 Å². The van der Waals surface area contributed by atoms with Crippen molar-refractivity contribution in [2.75, 3.05) is 13.2 Å². The summed E-state index contributed by atoms with van der Waals surface area (Å²) < 4.78 is 16.8. The van der Waals surface area contributed by atoms with E-state index in [4.69, 9.17) is 14.2 Å². The number of allylic oxidation sites excluding steroid dienone is 20. The quantitative estimate of drug-likeness (QED) is 0.0261. The minimum Gasteiger partial charge on any atom is -0.462 e. The summed E-state index contributed by atoms with van der Waals surface area (Å²) >= 11 is 0. The van der Waals surface area contributed by atoms with Crippen LogP contribution in [0.3, 0.4) is 0 Å². The second-order valence-corrected chi connectivity index (χ2v) is 19.8. The molecule has 0 spiro atoms. The average molecular weight is 1030 g/mol. The van der Waals surface area contributed by atoms with E-state index in [-0.39, 0.29) is 37.5 Å². The Morgan fingerprint density at radius 2 is 0.527 bits per heavy atom. The van der Waals surface area contributed by atoms with Crippen molar-refractivity contribution in [2.24, 2.45) is 0 Å². The highest BCUT2D eigenvalue weighted by molar-refractivity contribution is 5.71. The Morgan fingerprint density at radius 3 is 0.865 bits per heavy atom. The summed E-state index contributed by atoms with van der Waals surface area (Å²) in [6.07, 6.45) is 85.0. The van der Waals surface area contributed by atoms with Crippen LogP contribution in [0, 0.1) is 0 Å². The van der Waals surface area contributed by atoms with Crippen molar-refractivity contribution in [3.63, 3.8) is 0 Å². The van der Waals surface area contributed by atoms with Gasteiger partial charge in [-0.05, 0) is 128 Å². The molecule has 0 saturated heterocycles. The normalized spacial score (nSPS) is 13.0. The predicted octanol–water partition coefficient (Wildman–Crippen LogP) is 20.8. The van der Waals surface area contributed by atoms with Crippen LogP contribution in [0.1, 0.15) is 271 Å². The fourth-order valence-electron chi connectivity index (χ4n) is 8.16. The lowest BCUT2D eigenvalue weighted by Gasteiger charge is -2.18. The van der Waals surface area contributed by atoms with Crippen LogP contribution in [0.15, 0.2) is 122 Å². The summed E-state index contributed by atoms with van der Waals surface area (Å²) in [5.41, 5.74) is 0. The Hall–Kier alpha value is -4.19. The van der Waals surface area contributed by atoms with Crippen LogP contribution in [0.4, 0.5) is 0 Å². The fraction of sp³-hybridized carbons (Fsp3) is 0.662. The molecule has 0 aromatic carbocycles. The average Bonchev–Trinajstić information content (AvgIpc) is 3.40. The third kappa shape index (κ3) is 58.7. The van der Waals surface area contributed by atoms with Crippen LogP contribution in [0.2, 0.25) is 0 Å². The van der Waals surface area contributed by atoms with E-state index in [0.717, 1.165) is 122 Å². The second-order valence-electron chi connectivity index (χ2n) is 19.8. The molecule has 0 aliphatic heterocycles. The van der Waals surface area contributed by atoms with Crippen molar-refractivity contribution in [1.82, 2.24) is 0 Å². The fourth-order valence-corrected chi connectivity index (χ4v) is 8.16. The van der Waals surface area contributed by atoms with E-state index >= 15 is 0 Å². The van der Waals surface area contributed by atoms with Gasteiger partial charge in [-0.15, -0.1) is 0 Å². The lowest BCUT2D eigenvalue weighted by molar-refractivity contribution is -0.167. The smallest absolute Gasteiger partial charge is 0.306 e. The van der Waals surface area contributed by atoms with E-state index in [9.17, 15) is 14.4 Å². The van der Waals surface area contributed by atoms with Crippen molar-refractivity contribution in [1.29, 1.82) is 0 Å². The van der Waals surface area contributed by atoms with Crippen LogP contribution < -0.4 is 0 Å². The lowest BCUT2D eigenvalue weighted by Crippen LogP contribution is -2.30. The van der Waals surface area contributed by atoms with Gasteiger partial charge in [0.2, 0.25) is 0 Å². The monoisotopic (exact) mass is 1020 g/mol. The number of carbonyl (C=O) groups excluding carboxylic acids is 3. The van der Waals surface area contributed by atoms with Gasteiger partial charge in [-0.3, -0.25) is 14.4 Å². The molecule has 6 nitrogen and oxygen atoms in total. The molecular weight excluding hydrogens is 913 g/mol. The Labute approximate surface area is 456 Å². The molecule has 0 aliphatic rings. The van der Waals surface area contributed by atoms with E-state index in [1.54, 1.807) is 0 Å². The predicted molar refractivity (Wildman–Crippen MR) is 320 cm³/mol. The van der Waals surface area contributed by atoms with Gasteiger partial charge in [0.15, 0.2) is 6.10 Å². The van der Waals surface area contributed by atoms with Gasteiger partial charge in [-0.25, -0.2) is 0 Å². The molecule has 0 heterocycles. The maximum absolute atomic E-state index is 12.8. The maximum atomic E-state index is 12.8. The Balaban J connectivity index is 4.27. The van der Waals surface area contributed by atoms with Crippen LogP contribution in [0.25, 0.3) is 0 Å². The first-order valence-corrected chi connectivity index (χ1v) is 30.5. The molecule has 0 aromatic rings. The summed E-state index contributed by atoms with van der Waals surface area (Å²) in [7, 11) is 0. The molecule has 6 heteroatoms. The molecule has 0 N–H and O–H groups in total. The van der Waals surface area contributed by atoms with Crippen molar-refractivity contribution in [3.05, 3.63) is 122 Å². The van der Waals surface area contributed by atoms with Crippen LogP contribution in [-0.4, -0.2) is 37.2 Å². The second kappa shape index (κ2) is 61.4. The van der Waals surface area contributed by atoms with Gasteiger partial charge < -0.3 is 14.2 Å². The molecule has 0 saturated carbocycles. The third-order valence-electron chi connectivity index (χ3n) is 12.7. The van der Waals surface area contributed by atoms with Gasteiger partial charge in [0.25, 0.3) is 0 Å². The maximum Gasteiger partial charge on any atom is 0.306 e. The van der Waals surface area contributed by atoms with Crippen LogP contribution in [0.5, 0.6) is 0 Å². The Morgan fingerprint density at radius 1 is 0.284 bits per heavy atom. The first kappa shape index (κ1) is 69.8. The molecule has 1 unspecified atom stereocenters. The minimum atomic E-state index is -0.806. The van der Waals surface area contributed by atoms with E-state index in [1.807, 2.05) is 0 Å². The topological polar surface area (TPSA) is 78.9 Å². The van der Waals surface area contributed by atoms with Gasteiger partial charge >= 0.3 is 17.9 Å². The van der Waals surface area contributed by atoms with Gasteiger partial charge in [-0.1, -0.05) is 245 Å². The van der Waals surface area contributed by atoms with Gasteiger partial charge in [0.05, 0.1) is 0 Å². The molecule has 0 bridgehead atoms. The Bertz CT molecular complexity index is 1550. The Kier molecular flexibility index (Phi) is 57.9. The van der Waals surface area contributed by atoms with E-state index in [1.165, 1.54) is 103 Å². The van der Waals surface area contributed by atoms with Crippen LogP contribution in [-0.2, 0) is 28.6 Å². The zero-order chi connectivity index (χ0) is 53.6. The summed E-state index contributed by atoms with van der Waals surface area (Å²) in [5.74, 6) is -0.951. The van der Waals surface area contributed by atoms with Crippen molar-refractivity contribution in [2.45, 2.75) is 277 Å². The zero-order valence-electron chi connectivity index (χ0n) is 48.1. The number of ether oxygens (including phenoxy) is 3. The SMILES string of the molecule is CC/C=C\C/C=C\C/C=C\C/C=C\C/C=C\CCCCCCCCCCCCCCCC(=O)OCC(COC(=O)CCCCCCC/C=C\CCCCC)OC(=O)CCCC/C=C\C/C=C\C/C=C\C/C=C\CC. The van der Waals surface area contributed by atoms with Crippen molar-refractivity contribution in [3.8, 4) is 0 Å². The largest absolute Gasteiger partial charge is 0.462 e. The van der Waals surface area contributed by atoms with Gasteiger partial charge in [0, 0.05) is 19.3 Å². The first-order chi connectivity index (χ1) is 36.5. The summed E-state index contributed by atoms with van der Waals surface area (Å²) in [6, 6.07) is 0. The van der Waals surface area contributed by atoms with E-state index in [2.05, 4.69) is 142 Å². The number of carbonyl (C=O) groups is 3. The van der Waals surface area contributed by atoms with Crippen molar-refractivity contribution >= 4 is 17.9 Å². The van der Waals surface area contributed by atoms with E-state index < -0.39 is 6.10 Å². The van der Waals surface area contributed by atoms with Crippen molar-refractivity contribution < 1.29 is 28.6 Å². The number of unbranched alkanes of at least 4 members (excludes halogenated alkanes) is 23. The molecule has 0 rings (SSSR count). The highest BCUT2D eigenvalue weighted by Crippen LogP contribution is 2.15. The molecule has 0 aromatic heterocycles. The van der Waals surface area contributed by atoms with E-state index in [0.29, 0.717) is 19.3 Å². The molecule has 0 amide bonds. The standard InChI is InChI=1S/C68H112O6/c1-4-7-10-13-16-19-22-25-27-28-29-30-31-32-33-34-35-36-37-38-39-40-42-43-46-49-52-55-58-61-67(70)73-64-65(63-72-66(69)60-57-54-51-48-45-24-21-18-15-12-9-6-3)74-68(71)62-59-56-53-50-47-44-41-26-23-20-17-14-11-8-5-2/h7-8,10-11,16-21,25-27,29-30,32-33,41,47,50,65H,4-6,9,12-15,22-24,28,31,34-40,42-46,48-49,51-64H2,1-3H3/b10-7-,11-8-,19-16-,20-17-,21-18-,27-25-,30-29-,33-32-,41-26-,50-47-. The highest BCUT2D eigenvalue weighted by Gasteiger charge is 2.19. The highest BCUT2D eigenvalue weighted by atomic mass is 16.6. The number of hydrogen-bond acceptors (Lipinski definition) is 6. The molecule has 1 atom stereocenters. The zero-order valence-corrected chi connectivity index (χ0v) is 48.1. The number of rotatable bonds is 54. The van der Waals surface area contributed by atoms with Gasteiger partial charge in [-0.2, -0.15) is 0 Å². The minimum absolute atomic E-state index is 0.0992. The lowest BCUT2D eigenvalue weighted by atomic mass is 10.0. The third-order valence-corrected chi connectivity index (χ3v) is 12.7. The molecule has 420 valence electrons. The number of hydrogen-bond donors (Lipinski definition) is 0. The summed E-state index contributed by atoms with van der Waals surface area (Å²) in [6.45, 7) is 6.35. The molecular formula is C68H112O6. The molecule has 0 aliphatic carbocycles.